The maximum Gasteiger partial charge on any atom is 0.159 e. The lowest BCUT2D eigenvalue weighted by Crippen LogP contribution is -1.91. The summed E-state index contributed by atoms with van der Waals surface area (Å²) in [6.45, 7) is 0. The van der Waals surface area contributed by atoms with E-state index in [1.165, 1.54) is 18.2 Å². The molecule has 1 nitrogen and oxygen atoms in total. The maximum atomic E-state index is 13.6. The zero-order valence-corrected chi connectivity index (χ0v) is 9.25. The van der Waals surface area contributed by atoms with Crippen LogP contribution in [0.4, 0.5) is 13.2 Å². The standard InChI is InChI=1S/C14H8F3N/c15-12-4-3-11(8-14(12)17)10-2-1-9(5-6-18)13(16)7-10/h1-4,7-8H,5H2. The van der Waals surface area contributed by atoms with E-state index in [0.717, 1.165) is 12.1 Å². The fourth-order valence-electron chi connectivity index (χ4n) is 1.63. The zero-order valence-electron chi connectivity index (χ0n) is 9.25. The Morgan fingerprint density at radius 1 is 0.833 bits per heavy atom. The van der Waals surface area contributed by atoms with Crippen LogP contribution in [-0.2, 0) is 6.42 Å². The van der Waals surface area contributed by atoms with Crippen LogP contribution in [0.15, 0.2) is 36.4 Å². The van der Waals surface area contributed by atoms with Gasteiger partial charge in [0.15, 0.2) is 11.6 Å². The van der Waals surface area contributed by atoms with Gasteiger partial charge in [-0.25, -0.2) is 13.2 Å². The van der Waals surface area contributed by atoms with Crippen LogP contribution in [0, 0.1) is 28.8 Å². The highest BCUT2D eigenvalue weighted by atomic mass is 19.2. The highest BCUT2D eigenvalue weighted by Crippen LogP contribution is 2.23. The Labute approximate surface area is 102 Å². The van der Waals surface area contributed by atoms with Crippen LogP contribution < -0.4 is 0 Å². The summed E-state index contributed by atoms with van der Waals surface area (Å²) < 4.78 is 39.4. The molecule has 0 heterocycles. The first-order chi connectivity index (χ1) is 8.61. The van der Waals surface area contributed by atoms with Crippen LogP contribution in [0.2, 0.25) is 0 Å². The van der Waals surface area contributed by atoms with Crippen molar-refractivity contribution in [3.05, 3.63) is 59.4 Å². The number of rotatable bonds is 2. The van der Waals surface area contributed by atoms with Crippen LogP contribution in [0.25, 0.3) is 11.1 Å². The minimum Gasteiger partial charge on any atom is -0.207 e. The lowest BCUT2D eigenvalue weighted by Gasteiger charge is -2.05. The summed E-state index contributed by atoms with van der Waals surface area (Å²) in [6.07, 6.45) is -0.0239. The summed E-state index contributed by atoms with van der Waals surface area (Å²) >= 11 is 0. The van der Waals surface area contributed by atoms with Gasteiger partial charge in [-0.2, -0.15) is 5.26 Å². The smallest absolute Gasteiger partial charge is 0.159 e. The molecule has 0 fully saturated rings. The van der Waals surface area contributed by atoms with Gasteiger partial charge in [0.05, 0.1) is 12.5 Å². The largest absolute Gasteiger partial charge is 0.207 e. The van der Waals surface area contributed by atoms with Crippen LogP contribution >= 0.6 is 0 Å². The Morgan fingerprint density at radius 3 is 2.00 bits per heavy atom. The van der Waals surface area contributed by atoms with Crippen molar-refractivity contribution in [1.82, 2.24) is 0 Å². The summed E-state index contributed by atoms with van der Waals surface area (Å²) in [7, 11) is 0. The van der Waals surface area contributed by atoms with Gasteiger partial charge in [0, 0.05) is 5.56 Å². The van der Waals surface area contributed by atoms with E-state index in [1.54, 1.807) is 6.07 Å². The monoisotopic (exact) mass is 247 g/mol. The van der Waals surface area contributed by atoms with Crippen LogP contribution in [0.3, 0.4) is 0 Å². The third kappa shape index (κ3) is 2.35. The fourth-order valence-corrected chi connectivity index (χ4v) is 1.63. The maximum absolute atomic E-state index is 13.6. The molecule has 0 spiro atoms. The van der Waals surface area contributed by atoms with E-state index in [2.05, 4.69) is 0 Å². The molecule has 0 N–H and O–H groups in total. The second-order valence-corrected chi connectivity index (χ2v) is 3.77. The van der Waals surface area contributed by atoms with Gasteiger partial charge in [0.1, 0.15) is 5.82 Å². The topological polar surface area (TPSA) is 23.8 Å². The summed E-state index contributed by atoms with van der Waals surface area (Å²) in [5.41, 5.74) is 1.10. The number of nitrogens with zero attached hydrogens (tertiary/aromatic N) is 1. The minimum absolute atomic E-state index is 0.0239. The highest BCUT2D eigenvalue weighted by molar-refractivity contribution is 5.64. The SMILES string of the molecule is N#CCc1ccc(-c2ccc(F)c(F)c2)cc1F. The lowest BCUT2D eigenvalue weighted by atomic mass is 10.0. The van der Waals surface area contributed by atoms with E-state index in [0.29, 0.717) is 11.1 Å². The van der Waals surface area contributed by atoms with Gasteiger partial charge in [-0.15, -0.1) is 0 Å². The third-order valence-corrected chi connectivity index (χ3v) is 2.58. The molecule has 0 aromatic heterocycles. The summed E-state index contributed by atoms with van der Waals surface area (Å²) in [5, 5.41) is 8.49. The molecule has 4 heteroatoms. The Kier molecular flexibility index (Phi) is 3.33. The molecule has 90 valence electrons. The van der Waals surface area contributed by atoms with Gasteiger partial charge in [0.25, 0.3) is 0 Å². The van der Waals surface area contributed by atoms with Gasteiger partial charge < -0.3 is 0 Å². The lowest BCUT2D eigenvalue weighted by molar-refractivity contribution is 0.509. The highest BCUT2D eigenvalue weighted by Gasteiger charge is 2.07. The molecule has 0 amide bonds. The van der Waals surface area contributed by atoms with Crippen molar-refractivity contribution in [2.45, 2.75) is 6.42 Å². The van der Waals surface area contributed by atoms with Crippen molar-refractivity contribution >= 4 is 0 Å². The van der Waals surface area contributed by atoms with Crippen LogP contribution in [0.5, 0.6) is 0 Å². The van der Waals surface area contributed by atoms with Crippen molar-refractivity contribution in [3.63, 3.8) is 0 Å². The summed E-state index contributed by atoms with van der Waals surface area (Å²) in [5.74, 6) is -2.45. The van der Waals surface area contributed by atoms with Crippen molar-refractivity contribution in [1.29, 1.82) is 5.26 Å². The van der Waals surface area contributed by atoms with Crippen molar-refractivity contribution in [3.8, 4) is 17.2 Å². The number of hydrogen-bond acceptors (Lipinski definition) is 1. The van der Waals surface area contributed by atoms with Crippen molar-refractivity contribution in [2.24, 2.45) is 0 Å². The van der Waals surface area contributed by atoms with Gasteiger partial charge in [0.2, 0.25) is 0 Å². The molecule has 0 bridgehead atoms. The summed E-state index contributed by atoms with van der Waals surface area (Å²) in [4.78, 5) is 0. The predicted octanol–water partition coefficient (Wildman–Crippen LogP) is 3.84. The van der Waals surface area contributed by atoms with Gasteiger partial charge in [-0.1, -0.05) is 18.2 Å². The molecule has 0 aliphatic rings. The van der Waals surface area contributed by atoms with Crippen LogP contribution in [-0.4, -0.2) is 0 Å². The molecule has 0 aliphatic heterocycles. The molecule has 2 aromatic carbocycles. The summed E-state index contributed by atoms with van der Waals surface area (Å²) in [6, 6.07) is 9.47. The zero-order chi connectivity index (χ0) is 13.1. The average molecular weight is 247 g/mol. The Morgan fingerprint density at radius 2 is 1.44 bits per heavy atom. The van der Waals surface area contributed by atoms with E-state index in [-0.39, 0.29) is 12.0 Å². The molecular formula is C14H8F3N. The van der Waals surface area contributed by atoms with Crippen molar-refractivity contribution in [2.75, 3.05) is 0 Å². The molecule has 2 aromatic rings. The molecule has 0 aliphatic carbocycles. The van der Waals surface area contributed by atoms with E-state index in [9.17, 15) is 13.2 Å². The Balaban J connectivity index is 2.43. The number of nitriles is 1. The first-order valence-corrected chi connectivity index (χ1v) is 5.22. The van der Waals surface area contributed by atoms with Gasteiger partial charge in [-0.3, -0.25) is 0 Å². The molecule has 0 unspecified atom stereocenters. The van der Waals surface area contributed by atoms with Gasteiger partial charge >= 0.3 is 0 Å². The first kappa shape index (κ1) is 12.2. The second-order valence-electron chi connectivity index (χ2n) is 3.77. The average Bonchev–Trinajstić information content (AvgIpc) is 2.35. The van der Waals surface area contributed by atoms with E-state index in [1.807, 2.05) is 6.07 Å². The molecule has 0 saturated carbocycles. The van der Waals surface area contributed by atoms with E-state index >= 15 is 0 Å². The fraction of sp³-hybridized carbons (Fsp3) is 0.0714. The molecule has 18 heavy (non-hydrogen) atoms. The third-order valence-electron chi connectivity index (χ3n) is 2.58. The first-order valence-electron chi connectivity index (χ1n) is 5.22. The molecule has 2 rings (SSSR count). The second kappa shape index (κ2) is 4.92. The molecule has 0 saturated heterocycles. The van der Waals surface area contributed by atoms with Crippen molar-refractivity contribution < 1.29 is 13.2 Å². The predicted molar refractivity (Wildman–Crippen MR) is 61.1 cm³/mol. The van der Waals surface area contributed by atoms with Crippen LogP contribution in [0.1, 0.15) is 5.56 Å². The number of benzene rings is 2. The molecule has 0 radical (unpaired) electrons. The number of hydrogen-bond donors (Lipinski definition) is 0. The normalized spacial score (nSPS) is 10.1. The van der Waals surface area contributed by atoms with E-state index in [4.69, 9.17) is 5.26 Å². The Hall–Kier alpha value is -2.28. The minimum atomic E-state index is -0.978. The van der Waals surface area contributed by atoms with Gasteiger partial charge in [-0.05, 0) is 29.3 Å². The Bertz CT molecular complexity index is 629. The quantitative estimate of drug-likeness (QED) is 0.791. The van der Waals surface area contributed by atoms with E-state index < -0.39 is 17.5 Å². The molecule has 0 atom stereocenters. The number of halogens is 3. The molecular weight excluding hydrogens is 239 g/mol.